The number of nitrogens with one attached hydrogen (secondary N) is 2. The molecule has 1 saturated carbocycles. The number of carbonyl (C=O) groups is 2. The minimum atomic E-state index is -6.24. The molecular formula is C23H21F7N2O2. The van der Waals surface area contributed by atoms with Crippen molar-refractivity contribution in [1.82, 2.24) is 0 Å². The Kier molecular flexibility index (Phi) is 6.69. The first kappa shape index (κ1) is 25.5. The Balaban J connectivity index is 1.92. The van der Waals surface area contributed by atoms with Gasteiger partial charge < -0.3 is 10.6 Å². The van der Waals surface area contributed by atoms with E-state index >= 15 is 0 Å². The molecule has 34 heavy (non-hydrogen) atoms. The van der Waals surface area contributed by atoms with Crippen molar-refractivity contribution in [3.05, 3.63) is 58.7 Å². The molecule has 4 nitrogen and oxygen atoms in total. The molecule has 0 aliphatic heterocycles. The average molecular weight is 490 g/mol. The van der Waals surface area contributed by atoms with Gasteiger partial charge in [-0.05, 0) is 61.6 Å². The lowest BCUT2D eigenvalue weighted by molar-refractivity contribution is -0.348. The number of hydrogen-bond acceptors (Lipinski definition) is 2. The standard InChI is InChI=1S/C23H21F7N2O2/c1-3-13-10-16(21(24,22(25,26)27)23(28,29)30)9-12(2)18(13)32-20(34)15-5-4-6-17(11-15)31-19(33)14-7-8-14/h4-6,9-11,14H,3,7-8H2,1-2H3,(H,31,33)(H,32,34). The molecule has 11 heteroatoms. The monoisotopic (exact) mass is 490 g/mol. The Bertz CT molecular complexity index is 1090. The van der Waals surface area contributed by atoms with E-state index in [4.69, 9.17) is 0 Å². The van der Waals surface area contributed by atoms with E-state index in [0.717, 1.165) is 12.8 Å². The summed E-state index contributed by atoms with van der Waals surface area (Å²) in [5.74, 6) is -0.950. The number of carbonyl (C=O) groups excluding carboxylic acids is 2. The maximum atomic E-state index is 14.5. The Morgan fingerprint density at radius 3 is 2.09 bits per heavy atom. The largest absolute Gasteiger partial charge is 0.435 e. The minimum Gasteiger partial charge on any atom is -0.326 e. The normalized spacial score (nSPS) is 14.6. The number of aryl methyl sites for hydroxylation is 2. The fourth-order valence-electron chi connectivity index (χ4n) is 3.52. The summed E-state index contributed by atoms with van der Waals surface area (Å²) in [4.78, 5) is 24.7. The van der Waals surface area contributed by atoms with Crippen LogP contribution in [0.3, 0.4) is 0 Å². The number of halogens is 7. The first-order chi connectivity index (χ1) is 15.7. The molecule has 3 rings (SSSR count). The summed E-state index contributed by atoms with van der Waals surface area (Å²) in [5.41, 5.74) is -6.99. The van der Waals surface area contributed by atoms with E-state index in [9.17, 15) is 40.3 Å². The molecule has 2 aromatic carbocycles. The first-order valence-corrected chi connectivity index (χ1v) is 10.4. The van der Waals surface area contributed by atoms with Gasteiger partial charge >= 0.3 is 18.0 Å². The van der Waals surface area contributed by atoms with Crippen LogP contribution < -0.4 is 10.6 Å². The van der Waals surface area contributed by atoms with Crippen LogP contribution in [-0.2, 0) is 16.9 Å². The van der Waals surface area contributed by atoms with E-state index in [1.54, 1.807) is 6.07 Å². The predicted molar refractivity (Wildman–Crippen MR) is 111 cm³/mol. The lowest BCUT2D eigenvalue weighted by atomic mass is 9.89. The van der Waals surface area contributed by atoms with Gasteiger partial charge in [0.2, 0.25) is 5.91 Å². The SMILES string of the molecule is CCc1cc(C(F)(C(F)(F)F)C(F)(F)F)cc(C)c1NC(=O)c1cccc(NC(=O)C2CC2)c1. The van der Waals surface area contributed by atoms with E-state index in [0.29, 0.717) is 17.8 Å². The smallest absolute Gasteiger partial charge is 0.326 e. The van der Waals surface area contributed by atoms with Gasteiger partial charge in [0.25, 0.3) is 5.91 Å². The molecule has 1 fully saturated rings. The van der Waals surface area contributed by atoms with Gasteiger partial charge in [-0.1, -0.05) is 19.1 Å². The van der Waals surface area contributed by atoms with Crippen LogP contribution in [0.5, 0.6) is 0 Å². The van der Waals surface area contributed by atoms with Crippen LogP contribution in [0.4, 0.5) is 42.1 Å². The van der Waals surface area contributed by atoms with Gasteiger partial charge in [0.15, 0.2) is 0 Å². The van der Waals surface area contributed by atoms with Gasteiger partial charge in [0.05, 0.1) is 0 Å². The molecule has 0 spiro atoms. The van der Waals surface area contributed by atoms with Crippen LogP contribution in [0.2, 0.25) is 0 Å². The summed E-state index contributed by atoms with van der Waals surface area (Å²) >= 11 is 0. The number of rotatable bonds is 6. The Morgan fingerprint density at radius 1 is 0.941 bits per heavy atom. The predicted octanol–water partition coefficient (Wildman–Crippen LogP) is 6.45. The molecule has 0 bridgehead atoms. The van der Waals surface area contributed by atoms with Crippen LogP contribution in [0.25, 0.3) is 0 Å². The van der Waals surface area contributed by atoms with Crippen LogP contribution in [0.15, 0.2) is 36.4 Å². The second-order valence-electron chi connectivity index (χ2n) is 8.13. The molecule has 0 radical (unpaired) electrons. The zero-order valence-corrected chi connectivity index (χ0v) is 18.1. The quantitative estimate of drug-likeness (QED) is 0.458. The zero-order valence-electron chi connectivity index (χ0n) is 18.1. The summed E-state index contributed by atoms with van der Waals surface area (Å²) in [6, 6.07) is 6.81. The maximum Gasteiger partial charge on any atom is 0.435 e. The van der Waals surface area contributed by atoms with Crippen LogP contribution >= 0.6 is 0 Å². The molecule has 0 atom stereocenters. The number of hydrogen-bond donors (Lipinski definition) is 2. The maximum absolute atomic E-state index is 14.5. The highest BCUT2D eigenvalue weighted by Crippen LogP contribution is 2.53. The second kappa shape index (κ2) is 8.92. The summed E-state index contributed by atoms with van der Waals surface area (Å²) in [6.45, 7) is 2.63. The molecular weight excluding hydrogens is 469 g/mol. The fraction of sp³-hybridized carbons (Fsp3) is 0.391. The Labute approximate surface area is 190 Å². The van der Waals surface area contributed by atoms with Crippen molar-refractivity contribution in [2.24, 2.45) is 5.92 Å². The topological polar surface area (TPSA) is 58.2 Å². The second-order valence-corrected chi connectivity index (χ2v) is 8.13. The van der Waals surface area contributed by atoms with Crippen molar-refractivity contribution >= 4 is 23.2 Å². The number of anilines is 2. The van der Waals surface area contributed by atoms with Gasteiger partial charge in [-0.2, -0.15) is 26.3 Å². The lowest BCUT2D eigenvalue weighted by Crippen LogP contribution is -2.50. The highest BCUT2D eigenvalue weighted by atomic mass is 19.4. The van der Waals surface area contributed by atoms with Gasteiger partial charge in [0, 0.05) is 28.4 Å². The number of alkyl halides is 7. The number of amides is 2. The van der Waals surface area contributed by atoms with Gasteiger partial charge in [-0.3, -0.25) is 9.59 Å². The summed E-state index contributed by atoms with van der Waals surface area (Å²) in [5, 5.41) is 5.16. The third-order valence-corrected chi connectivity index (χ3v) is 5.56. The number of benzene rings is 2. The molecule has 1 aliphatic rings. The molecule has 2 N–H and O–H groups in total. The molecule has 2 aromatic rings. The van der Waals surface area contributed by atoms with E-state index in [-0.39, 0.29) is 40.6 Å². The highest BCUT2D eigenvalue weighted by Gasteiger charge is 2.73. The van der Waals surface area contributed by atoms with E-state index in [1.807, 2.05) is 0 Å². The van der Waals surface area contributed by atoms with Crippen molar-refractivity contribution in [2.45, 2.75) is 51.1 Å². The van der Waals surface area contributed by atoms with Crippen molar-refractivity contribution in [3.63, 3.8) is 0 Å². The fourth-order valence-corrected chi connectivity index (χ4v) is 3.52. The summed E-state index contributed by atoms with van der Waals surface area (Å²) in [6.07, 6.45) is -11.0. The molecule has 1 aliphatic carbocycles. The van der Waals surface area contributed by atoms with Gasteiger partial charge in [-0.25, -0.2) is 4.39 Å². The van der Waals surface area contributed by atoms with Crippen molar-refractivity contribution < 1.29 is 40.3 Å². The Hall–Kier alpha value is -3.11. The zero-order chi connectivity index (χ0) is 25.5. The molecule has 0 saturated heterocycles. The molecule has 184 valence electrons. The first-order valence-electron chi connectivity index (χ1n) is 10.4. The molecule has 0 aromatic heterocycles. The van der Waals surface area contributed by atoms with Gasteiger partial charge in [0.1, 0.15) is 0 Å². The third-order valence-electron chi connectivity index (χ3n) is 5.56. The summed E-state index contributed by atoms with van der Waals surface area (Å²) in [7, 11) is 0. The van der Waals surface area contributed by atoms with Crippen LogP contribution in [-0.4, -0.2) is 24.2 Å². The van der Waals surface area contributed by atoms with E-state index in [2.05, 4.69) is 10.6 Å². The van der Waals surface area contributed by atoms with Crippen molar-refractivity contribution in [2.75, 3.05) is 10.6 Å². The Morgan fingerprint density at radius 2 is 1.56 bits per heavy atom. The average Bonchev–Trinajstić information content (AvgIpc) is 3.58. The van der Waals surface area contributed by atoms with Crippen molar-refractivity contribution in [1.29, 1.82) is 0 Å². The van der Waals surface area contributed by atoms with E-state index < -0.39 is 29.5 Å². The van der Waals surface area contributed by atoms with Crippen LogP contribution in [0, 0.1) is 12.8 Å². The molecule has 0 unspecified atom stereocenters. The minimum absolute atomic E-state index is 0.0182. The van der Waals surface area contributed by atoms with Crippen molar-refractivity contribution in [3.8, 4) is 0 Å². The molecule has 0 heterocycles. The summed E-state index contributed by atoms with van der Waals surface area (Å²) < 4.78 is 93.6. The molecule has 2 amide bonds. The van der Waals surface area contributed by atoms with E-state index in [1.165, 1.54) is 32.0 Å². The highest BCUT2D eigenvalue weighted by molar-refractivity contribution is 6.06. The lowest BCUT2D eigenvalue weighted by Gasteiger charge is -2.31. The van der Waals surface area contributed by atoms with Crippen LogP contribution in [0.1, 0.15) is 46.8 Å². The third kappa shape index (κ3) is 4.88. The van der Waals surface area contributed by atoms with Gasteiger partial charge in [-0.15, -0.1) is 0 Å².